The SMILES string of the molecule is COc1nc(I)ccc1C(F)(F)F. The van der Waals surface area contributed by atoms with Crippen molar-refractivity contribution in [2.24, 2.45) is 0 Å². The number of hydrogen-bond acceptors (Lipinski definition) is 2. The van der Waals surface area contributed by atoms with Gasteiger partial charge in [-0.2, -0.15) is 13.2 Å². The summed E-state index contributed by atoms with van der Waals surface area (Å²) >= 11 is 1.82. The molecule has 0 fully saturated rings. The van der Waals surface area contributed by atoms with Crippen LogP contribution in [0.3, 0.4) is 0 Å². The van der Waals surface area contributed by atoms with Crippen LogP contribution >= 0.6 is 22.6 Å². The maximum Gasteiger partial charge on any atom is 0.421 e. The van der Waals surface area contributed by atoms with Gasteiger partial charge in [0.15, 0.2) is 0 Å². The average molecular weight is 303 g/mol. The van der Waals surface area contributed by atoms with Gasteiger partial charge in [0.25, 0.3) is 0 Å². The number of pyridine rings is 1. The number of halogens is 4. The predicted octanol–water partition coefficient (Wildman–Crippen LogP) is 2.71. The van der Waals surface area contributed by atoms with Crippen molar-refractivity contribution in [2.45, 2.75) is 6.18 Å². The van der Waals surface area contributed by atoms with Crippen molar-refractivity contribution in [3.63, 3.8) is 0 Å². The highest BCUT2D eigenvalue weighted by Crippen LogP contribution is 2.34. The van der Waals surface area contributed by atoms with E-state index in [0.717, 1.165) is 13.2 Å². The molecule has 0 unspecified atom stereocenters. The molecule has 1 rings (SSSR count). The zero-order valence-electron chi connectivity index (χ0n) is 6.52. The summed E-state index contributed by atoms with van der Waals surface area (Å²) in [6.07, 6.45) is -4.41. The Morgan fingerprint density at radius 2 is 2.00 bits per heavy atom. The van der Waals surface area contributed by atoms with E-state index < -0.39 is 11.7 Å². The first kappa shape index (κ1) is 10.6. The van der Waals surface area contributed by atoms with Crippen LogP contribution in [0, 0.1) is 3.70 Å². The molecule has 0 N–H and O–H groups in total. The van der Waals surface area contributed by atoms with E-state index >= 15 is 0 Å². The van der Waals surface area contributed by atoms with Crippen molar-refractivity contribution in [1.82, 2.24) is 4.98 Å². The molecule has 0 amide bonds. The van der Waals surface area contributed by atoms with Gasteiger partial charge in [-0.25, -0.2) is 4.98 Å². The topological polar surface area (TPSA) is 22.1 Å². The smallest absolute Gasteiger partial charge is 0.421 e. The van der Waals surface area contributed by atoms with E-state index in [1.165, 1.54) is 6.07 Å². The van der Waals surface area contributed by atoms with Gasteiger partial charge in [-0.05, 0) is 34.7 Å². The summed E-state index contributed by atoms with van der Waals surface area (Å²) in [5.41, 5.74) is -0.851. The third kappa shape index (κ3) is 2.45. The summed E-state index contributed by atoms with van der Waals surface area (Å²) < 4.78 is 41.7. The number of ether oxygens (including phenoxy) is 1. The Hall–Kier alpha value is -0.530. The van der Waals surface area contributed by atoms with Crippen molar-refractivity contribution >= 4 is 22.6 Å². The maximum atomic E-state index is 12.2. The lowest BCUT2D eigenvalue weighted by atomic mass is 10.2. The number of hydrogen-bond donors (Lipinski definition) is 0. The molecule has 0 saturated heterocycles. The van der Waals surface area contributed by atoms with Crippen molar-refractivity contribution in [3.05, 3.63) is 21.4 Å². The molecule has 0 aliphatic heterocycles. The van der Waals surface area contributed by atoms with Gasteiger partial charge in [0, 0.05) is 0 Å². The minimum absolute atomic E-state index is 0.389. The fourth-order valence-corrected chi connectivity index (χ4v) is 1.19. The number of methoxy groups -OCH3 is 1. The second kappa shape index (κ2) is 3.69. The second-order valence-corrected chi connectivity index (χ2v) is 3.29. The Morgan fingerprint density at radius 3 is 2.46 bits per heavy atom. The Morgan fingerprint density at radius 1 is 1.38 bits per heavy atom. The highest BCUT2D eigenvalue weighted by molar-refractivity contribution is 14.1. The molecule has 6 heteroatoms. The minimum Gasteiger partial charge on any atom is -0.481 e. The van der Waals surface area contributed by atoms with Gasteiger partial charge in [0.05, 0.1) is 7.11 Å². The summed E-state index contributed by atoms with van der Waals surface area (Å²) in [5, 5.41) is 0. The van der Waals surface area contributed by atoms with Crippen LogP contribution in [0.4, 0.5) is 13.2 Å². The Bertz CT molecular complexity index is 313. The van der Waals surface area contributed by atoms with Gasteiger partial charge >= 0.3 is 6.18 Å². The molecule has 0 aliphatic carbocycles. The summed E-state index contributed by atoms with van der Waals surface area (Å²) in [6, 6.07) is 2.24. The monoisotopic (exact) mass is 303 g/mol. The van der Waals surface area contributed by atoms with Crippen LogP contribution in [-0.2, 0) is 6.18 Å². The molecule has 0 atom stereocenters. The van der Waals surface area contributed by atoms with Gasteiger partial charge in [-0.1, -0.05) is 0 Å². The molecule has 0 bridgehead atoms. The number of aromatic nitrogens is 1. The fourth-order valence-electron chi connectivity index (χ4n) is 0.789. The lowest BCUT2D eigenvalue weighted by molar-refractivity contribution is -0.139. The lowest BCUT2D eigenvalue weighted by Gasteiger charge is -2.10. The van der Waals surface area contributed by atoms with Gasteiger partial charge in [0.1, 0.15) is 9.26 Å². The van der Waals surface area contributed by atoms with Crippen LogP contribution in [-0.4, -0.2) is 12.1 Å². The van der Waals surface area contributed by atoms with Crippen molar-refractivity contribution in [3.8, 4) is 5.88 Å². The molecular weight excluding hydrogens is 298 g/mol. The maximum absolute atomic E-state index is 12.2. The van der Waals surface area contributed by atoms with Crippen molar-refractivity contribution in [1.29, 1.82) is 0 Å². The first-order valence-corrected chi connectivity index (χ1v) is 4.30. The summed E-state index contributed by atoms with van der Waals surface area (Å²) in [5.74, 6) is -0.389. The molecule has 72 valence electrons. The molecule has 13 heavy (non-hydrogen) atoms. The molecular formula is C7H5F3INO. The van der Waals surface area contributed by atoms with E-state index in [2.05, 4.69) is 9.72 Å². The number of nitrogens with zero attached hydrogens (tertiary/aromatic N) is 1. The van der Waals surface area contributed by atoms with Gasteiger partial charge < -0.3 is 4.74 Å². The van der Waals surface area contributed by atoms with Crippen LogP contribution in [0.1, 0.15) is 5.56 Å². The lowest BCUT2D eigenvalue weighted by Crippen LogP contribution is -2.08. The third-order valence-corrected chi connectivity index (χ3v) is 1.93. The quantitative estimate of drug-likeness (QED) is 0.588. The molecule has 1 heterocycles. The zero-order chi connectivity index (χ0) is 10.1. The van der Waals surface area contributed by atoms with E-state index in [1.807, 2.05) is 22.6 Å². The van der Waals surface area contributed by atoms with Crippen LogP contribution in [0.5, 0.6) is 5.88 Å². The highest BCUT2D eigenvalue weighted by atomic mass is 127. The van der Waals surface area contributed by atoms with E-state index in [0.29, 0.717) is 3.70 Å². The standard InChI is InChI=1S/C7H5F3INO/c1-13-6-4(7(8,9)10)2-3-5(11)12-6/h2-3H,1H3. The largest absolute Gasteiger partial charge is 0.481 e. The normalized spacial score (nSPS) is 11.5. The first-order chi connectivity index (χ1) is 5.95. The van der Waals surface area contributed by atoms with Crippen molar-refractivity contribution < 1.29 is 17.9 Å². The summed E-state index contributed by atoms with van der Waals surface area (Å²) in [7, 11) is 1.16. The van der Waals surface area contributed by atoms with E-state index in [4.69, 9.17) is 0 Å². The van der Waals surface area contributed by atoms with E-state index in [9.17, 15) is 13.2 Å². The first-order valence-electron chi connectivity index (χ1n) is 3.23. The third-order valence-electron chi connectivity index (χ3n) is 1.33. The molecule has 2 nitrogen and oxygen atoms in total. The molecule has 0 aromatic carbocycles. The molecule has 0 saturated carbocycles. The van der Waals surface area contributed by atoms with Gasteiger partial charge in [-0.3, -0.25) is 0 Å². The van der Waals surface area contributed by atoms with Crippen LogP contribution in [0.2, 0.25) is 0 Å². The van der Waals surface area contributed by atoms with Crippen LogP contribution in [0.25, 0.3) is 0 Å². The van der Waals surface area contributed by atoms with E-state index in [-0.39, 0.29) is 5.88 Å². The minimum atomic E-state index is -4.41. The number of alkyl halides is 3. The van der Waals surface area contributed by atoms with Crippen LogP contribution < -0.4 is 4.74 Å². The van der Waals surface area contributed by atoms with Gasteiger partial charge in [-0.15, -0.1) is 0 Å². The summed E-state index contributed by atoms with van der Waals surface area (Å²) in [4.78, 5) is 3.60. The Balaban J connectivity index is 3.22. The Kier molecular flexibility index (Phi) is 2.99. The van der Waals surface area contributed by atoms with Crippen molar-refractivity contribution in [2.75, 3.05) is 7.11 Å². The fraction of sp³-hybridized carbons (Fsp3) is 0.286. The number of rotatable bonds is 1. The predicted molar refractivity (Wildman–Crippen MR) is 48.5 cm³/mol. The molecule has 1 aromatic rings. The molecule has 0 aliphatic rings. The van der Waals surface area contributed by atoms with Crippen LogP contribution in [0.15, 0.2) is 12.1 Å². The molecule has 1 aromatic heterocycles. The second-order valence-electron chi connectivity index (χ2n) is 2.19. The van der Waals surface area contributed by atoms with E-state index in [1.54, 1.807) is 0 Å². The average Bonchev–Trinajstić information content (AvgIpc) is 2.01. The molecule has 0 radical (unpaired) electrons. The molecule has 0 spiro atoms. The Labute approximate surface area is 86.3 Å². The zero-order valence-corrected chi connectivity index (χ0v) is 8.68. The van der Waals surface area contributed by atoms with Gasteiger partial charge in [0.2, 0.25) is 5.88 Å². The summed E-state index contributed by atoms with van der Waals surface area (Å²) in [6.45, 7) is 0. The highest BCUT2D eigenvalue weighted by Gasteiger charge is 2.35.